The molecule has 6 nitrogen and oxygen atoms in total. The molecule has 1 atom stereocenters. The lowest BCUT2D eigenvalue weighted by Crippen LogP contribution is -2.39. The zero-order valence-corrected chi connectivity index (χ0v) is 13.8. The number of hydrogen-bond donors (Lipinski definition) is 2. The summed E-state index contributed by atoms with van der Waals surface area (Å²) in [5, 5.41) is 7.48. The van der Waals surface area contributed by atoms with Gasteiger partial charge in [0.05, 0.1) is 18.0 Å². The van der Waals surface area contributed by atoms with Crippen LogP contribution < -0.4 is 11.1 Å². The molecule has 3 N–H and O–H groups in total. The second kappa shape index (κ2) is 7.59. The normalized spacial score (nSPS) is 14.9. The highest BCUT2D eigenvalue weighted by atomic mass is 35.5. The summed E-state index contributed by atoms with van der Waals surface area (Å²) in [7, 11) is 1.52. The van der Waals surface area contributed by atoms with Crippen molar-refractivity contribution in [2.75, 3.05) is 19.0 Å². The minimum Gasteiger partial charge on any atom is -0.383 e. The number of methoxy groups -OCH3 is 1. The lowest BCUT2D eigenvalue weighted by atomic mass is 10.3. The summed E-state index contributed by atoms with van der Waals surface area (Å²) in [6.45, 7) is 0.181. The van der Waals surface area contributed by atoms with Crippen molar-refractivity contribution in [1.29, 1.82) is 0 Å². The van der Waals surface area contributed by atoms with Gasteiger partial charge < -0.3 is 15.8 Å². The lowest BCUT2D eigenvalue weighted by molar-refractivity contribution is -0.118. The first-order chi connectivity index (χ1) is 10.7. The summed E-state index contributed by atoms with van der Waals surface area (Å²) < 4.78 is 6.68. The molecule has 0 spiro atoms. The molecule has 0 aliphatic heterocycles. The highest BCUT2D eigenvalue weighted by molar-refractivity contribution is 5.94. The summed E-state index contributed by atoms with van der Waals surface area (Å²) in [5.74, 6) is 0.874. The minimum atomic E-state index is -0.700. The first-order valence-electron chi connectivity index (χ1n) is 7.40. The molecule has 1 aliphatic carbocycles. The highest BCUT2D eigenvalue weighted by Gasteiger charge is 2.28. The molecule has 1 unspecified atom stereocenters. The Kier molecular flexibility index (Phi) is 5.76. The Hall–Kier alpha value is -1.89. The maximum Gasteiger partial charge on any atom is 0.244 e. The van der Waals surface area contributed by atoms with Crippen molar-refractivity contribution in [2.45, 2.75) is 24.8 Å². The fraction of sp³-hybridized carbons (Fsp3) is 0.375. The van der Waals surface area contributed by atoms with Crippen LogP contribution in [0.5, 0.6) is 0 Å². The predicted octanol–water partition coefficient (Wildman–Crippen LogP) is 2.08. The number of hydrogen-bond acceptors (Lipinski definition) is 4. The molecule has 7 heteroatoms. The third-order valence-corrected chi connectivity index (χ3v) is 3.66. The number of carbonyl (C=O) groups is 1. The van der Waals surface area contributed by atoms with Gasteiger partial charge in [-0.15, -0.1) is 12.4 Å². The largest absolute Gasteiger partial charge is 0.383 e. The van der Waals surface area contributed by atoms with Gasteiger partial charge in [0.1, 0.15) is 11.9 Å². The number of aromatic nitrogens is 2. The van der Waals surface area contributed by atoms with Crippen molar-refractivity contribution < 1.29 is 9.53 Å². The summed E-state index contributed by atoms with van der Waals surface area (Å²) in [6.07, 6.45) is 2.31. The third-order valence-electron chi connectivity index (χ3n) is 3.66. The van der Waals surface area contributed by atoms with Gasteiger partial charge in [0, 0.05) is 19.1 Å². The van der Waals surface area contributed by atoms with E-state index in [1.165, 1.54) is 7.11 Å². The smallest absolute Gasteiger partial charge is 0.244 e. The molecule has 1 saturated carbocycles. The summed E-state index contributed by atoms with van der Waals surface area (Å²) >= 11 is 0. The number of anilines is 1. The topological polar surface area (TPSA) is 82.2 Å². The zero-order valence-electron chi connectivity index (χ0n) is 12.9. The number of rotatable bonds is 6. The highest BCUT2D eigenvalue weighted by Crippen LogP contribution is 2.40. The molecule has 0 bridgehead atoms. The predicted molar refractivity (Wildman–Crippen MR) is 91.3 cm³/mol. The number of carbonyl (C=O) groups excluding carboxylic acids is 1. The second-order valence-corrected chi connectivity index (χ2v) is 5.53. The number of nitrogens with two attached hydrogens (primary N) is 1. The Morgan fingerprint density at radius 1 is 1.43 bits per heavy atom. The molecule has 0 radical (unpaired) electrons. The van der Waals surface area contributed by atoms with E-state index in [4.69, 9.17) is 10.5 Å². The average molecular weight is 337 g/mol. The van der Waals surface area contributed by atoms with Crippen LogP contribution in [0.1, 0.15) is 24.5 Å². The van der Waals surface area contributed by atoms with E-state index in [2.05, 4.69) is 10.4 Å². The van der Waals surface area contributed by atoms with E-state index >= 15 is 0 Å². The Bertz CT molecular complexity index is 655. The van der Waals surface area contributed by atoms with Gasteiger partial charge in [-0.1, -0.05) is 18.2 Å². The van der Waals surface area contributed by atoms with Crippen LogP contribution in [-0.2, 0) is 9.53 Å². The van der Waals surface area contributed by atoms with Crippen LogP contribution in [0, 0.1) is 0 Å². The fourth-order valence-electron chi connectivity index (χ4n) is 2.31. The minimum absolute atomic E-state index is 0. The number of benzene rings is 1. The number of ether oxygens (including phenoxy) is 1. The summed E-state index contributed by atoms with van der Waals surface area (Å²) in [5.41, 5.74) is 7.70. The molecule has 1 heterocycles. The molecule has 1 aromatic carbocycles. The van der Waals surface area contributed by atoms with Crippen LogP contribution in [0.15, 0.2) is 36.4 Å². The maximum absolute atomic E-state index is 12.1. The van der Waals surface area contributed by atoms with Crippen molar-refractivity contribution in [3.8, 4) is 5.69 Å². The van der Waals surface area contributed by atoms with Crippen molar-refractivity contribution >= 4 is 24.1 Å². The van der Waals surface area contributed by atoms with E-state index in [1.54, 1.807) is 4.68 Å². The van der Waals surface area contributed by atoms with Gasteiger partial charge in [-0.3, -0.25) is 4.79 Å². The van der Waals surface area contributed by atoms with E-state index in [0.29, 0.717) is 11.7 Å². The molecular weight excluding hydrogens is 316 g/mol. The zero-order chi connectivity index (χ0) is 15.5. The molecule has 3 rings (SSSR count). The van der Waals surface area contributed by atoms with Gasteiger partial charge in [0.2, 0.25) is 5.91 Å². The number of halogens is 1. The number of para-hydroxylation sites is 1. The quantitative estimate of drug-likeness (QED) is 0.846. The Labute approximate surface area is 141 Å². The van der Waals surface area contributed by atoms with E-state index in [0.717, 1.165) is 24.2 Å². The molecule has 1 fully saturated rings. The first kappa shape index (κ1) is 17.5. The van der Waals surface area contributed by atoms with Crippen LogP contribution in [-0.4, -0.2) is 35.4 Å². The Balaban J connectivity index is 0.00000192. The second-order valence-electron chi connectivity index (χ2n) is 5.53. The molecule has 0 saturated heterocycles. The Morgan fingerprint density at radius 2 is 2.13 bits per heavy atom. The van der Waals surface area contributed by atoms with Gasteiger partial charge in [-0.25, -0.2) is 4.68 Å². The van der Waals surface area contributed by atoms with Gasteiger partial charge in [-0.2, -0.15) is 5.10 Å². The first-order valence-corrected chi connectivity index (χ1v) is 7.40. The number of amides is 1. The molecular formula is C16H21ClN4O2. The molecule has 2 aromatic rings. The Morgan fingerprint density at radius 3 is 2.74 bits per heavy atom. The molecule has 124 valence electrons. The van der Waals surface area contributed by atoms with Crippen molar-refractivity contribution in [2.24, 2.45) is 5.73 Å². The van der Waals surface area contributed by atoms with Gasteiger partial charge >= 0.3 is 0 Å². The molecule has 1 aromatic heterocycles. The summed E-state index contributed by atoms with van der Waals surface area (Å²) in [6, 6.07) is 11.0. The SMILES string of the molecule is COCC(N)C(=O)Nc1cc(C2CC2)nn1-c1ccccc1.Cl. The summed E-state index contributed by atoms with van der Waals surface area (Å²) in [4.78, 5) is 12.1. The van der Waals surface area contributed by atoms with Crippen LogP contribution in [0.25, 0.3) is 5.69 Å². The van der Waals surface area contributed by atoms with Gasteiger partial charge in [0.25, 0.3) is 0 Å². The van der Waals surface area contributed by atoms with E-state index in [9.17, 15) is 4.79 Å². The average Bonchev–Trinajstić information content (AvgIpc) is 3.30. The molecule has 1 amide bonds. The van der Waals surface area contributed by atoms with E-state index < -0.39 is 6.04 Å². The maximum atomic E-state index is 12.1. The molecule has 23 heavy (non-hydrogen) atoms. The van der Waals surface area contributed by atoms with Gasteiger partial charge in [-0.05, 0) is 25.0 Å². The van der Waals surface area contributed by atoms with Crippen molar-refractivity contribution in [3.63, 3.8) is 0 Å². The van der Waals surface area contributed by atoms with Crippen molar-refractivity contribution in [3.05, 3.63) is 42.1 Å². The van der Waals surface area contributed by atoms with Crippen LogP contribution in [0.4, 0.5) is 5.82 Å². The molecule has 1 aliphatic rings. The van der Waals surface area contributed by atoms with E-state index in [1.807, 2.05) is 36.4 Å². The lowest BCUT2D eigenvalue weighted by Gasteiger charge is -2.12. The van der Waals surface area contributed by atoms with Crippen molar-refractivity contribution in [1.82, 2.24) is 9.78 Å². The third kappa shape index (κ3) is 4.10. The van der Waals surface area contributed by atoms with Gasteiger partial charge in [0.15, 0.2) is 0 Å². The monoisotopic (exact) mass is 336 g/mol. The fourth-order valence-corrected chi connectivity index (χ4v) is 2.31. The van der Waals surface area contributed by atoms with Crippen LogP contribution in [0.2, 0.25) is 0 Å². The van der Waals surface area contributed by atoms with E-state index in [-0.39, 0.29) is 24.9 Å². The standard InChI is InChI=1S/C16H20N4O2.ClH/c1-22-10-13(17)16(21)18-15-9-14(11-7-8-11)19-20(15)12-5-3-2-4-6-12;/h2-6,9,11,13H,7-8,10,17H2,1H3,(H,18,21);1H. The van der Waals surface area contributed by atoms with Crippen LogP contribution in [0.3, 0.4) is 0 Å². The number of nitrogens with one attached hydrogen (secondary N) is 1. The van der Waals surface area contributed by atoms with Crippen LogP contribution >= 0.6 is 12.4 Å². The number of nitrogens with zero attached hydrogens (tertiary/aromatic N) is 2.